The van der Waals surface area contributed by atoms with Gasteiger partial charge < -0.3 is 14.4 Å². The Morgan fingerprint density at radius 2 is 1.74 bits per heavy atom. The van der Waals surface area contributed by atoms with E-state index in [0.717, 1.165) is 48.6 Å². The van der Waals surface area contributed by atoms with Crippen molar-refractivity contribution in [3.63, 3.8) is 0 Å². The Hall–Kier alpha value is -2.49. The van der Waals surface area contributed by atoms with Crippen LogP contribution in [-0.4, -0.2) is 31.0 Å². The molecule has 0 saturated carbocycles. The Labute approximate surface area is 136 Å². The average Bonchev–Trinajstić information content (AvgIpc) is 3.14. The van der Waals surface area contributed by atoms with Gasteiger partial charge in [0, 0.05) is 24.7 Å². The molecule has 0 aliphatic carbocycles. The molecule has 0 N–H and O–H groups in total. The second-order valence-corrected chi connectivity index (χ2v) is 5.66. The minimum absolute atomic E-state index is 0.128. The molecule has 4 nitrogen and oxygen atoms in total. The van der Waals surface area contributed by atoms with Crippen LogP contribution in [0.25, 0.3) is 0 Å². The van der Waals surface area contributed by atoms with Crippen molar-refractivity contribution >= 4 is 5.91 Å². The molecule has 1 aliphatic heterocycles. The fourth-order valence-electron chi connectivity index (χ4n) is 2.70. The molecule has 1 fully saturated rings. The summed E-state index contributed by atoms with van der Waals surface area (Å²) in [6.45, 7) is 2.21. The van der Waals surface area contributed by atoms with Gasteiger partial charge in [-0.25, -0.2) is 0 Å². The number of carbonyl (C=O) groups is 1. The second kappa shape index (κ2) is 7.18. The largest absolute Gasteiger partial charge is 0.497 e. The number of hydrogen-bond acceptors (Lipinski definition) is 3. The number of methoxy groups -OCH3 is 1. The summed E-state index contributed by atoms with van der Waals surface area (Å²) in [5.41, 5.74) is 1.78. The Morgan fingerprint density at radius 1 is 1.04 bits per heavy atom. The highest BCUT2D eigenvalue weighted by Gasteiger charge is 2.19. The molecule has 4 heteroatoms. The molecule has 0 bridgehead atoms. The van der Waals surface area contributed by atoms with E-state index in [1.54, 1.807) is 7.11 Å². The van der Waals surface area contributed by atoms with Gasteiger partial charge in [-0.05, 0) is 42.7 Å². The minimum Gasteiger partial charge on any atom is -0.497 e. The molecule has 0 aromatic heterocycles. The quantitative estimate of drug-likeness (QED) is 0.848. The first-order valence-electron chi connectivity index (χ1n) is 7.91. The first-order valence-corrected chi connectivity index (χ1v) is 7.91. The van der Waals surface area contributed by atoms with Gasteiger partial charge in [0.1, 0.15) is 18.1 Å². The molecule has 0 spiro atoms. The molecular weight excluding hydrogens is 290 g/mol. The zero-order valence-electron chi connectivity index (χ0n) is 13.3. The molecule has 1 amide bonds. The van der Waals surface area contributed by atoms with Crippen molar-refractivity contribution in [2.45, 2.75) is 19.4 Å². The highest BCUT2D eigenvalue weighted by atomic mass is 16.5. The third kappa shape index (κ3) is 3.83. The van der Waals surface area contributed by atoms with Gasteiger partial charge in [-0.15, -0.1) is 0 Å². The summed E-state index contributed by atoms with van der Waals surface area (Å²) in [6.07, 6.45) is 2.22. The van der Waals surface area contributed by atoms with E-state index in [4.69, 9.17) is 9.47 Å². The van der Waals surface area contributed by atoms with E-state index < -0.39 is 0 Å². The lowest BCUT2D eigenvalue weighted by molar-refractivity contribution is 0.0793. The zero-order valence-corrected chi connectivity index (χ0v) is 13.3. The van der Waals surface area contributed by atoms with Crippen molar-refractivity contribution in [1.82, 2.24) is 4.90 Å². The monoisotopic (exact) mass is 311 g/mol. The Kier molecular flexibility index (Phi) is 4.81. The highest BCUT2D eigenvalue weighted by molar-refractivity contribution is 5.94. The number of hydrogen-bond donors (Lipinski definition) is 0. The van der Waals surface area contributed by atoms with Crippen molar-refractivity contribution in [3.8, 4) is 11.5 Å². The lowest BCUT2D eigenvalue weighted by Crippen LogP contribution is -2.27. The first kappa shape index (κ1) is 15.4. The third-order valence-corrected chi connectivity index (χ3v) is 4.04. The van der Waals surface area contributed by atoms with Crippen molar-refractivity contribution in [1.29, 1.82) is 0 Å². The van der Waals surface area contributed by atoms with Crippen LogP contribution in [0.4, 0.5) is 0 Å². The fourth-order valence-corrected chi connectivity index (χ4v) is 2.70. The van der Waals surface area contributed by atoms with Gasteiger partial charge in [0.2, 0.25) is 0 Å². The van der Waals surface area contributed by atoms with E-state index in [2.05, 4.69) is 0 Å². The van der Waals surface area contributed by atoms with E-state index in [-0.39, 0.29) is 5.91 Å². The topological polar surface area (TPSA) is 38.8 Å². The Balaban J connectivity index is 1.59. The van der Waals surface area contributed by atoms with Gasteiger partial charge in [0.25, 0.3) is 5.91 Å². The van der Waals surface area contributed by atoms with Crippen LogP contribution in [0.2, 0.25) is 0 Å². The van der Waals surface area contributed by atoms with Crippen LogP contribution in [0, 0.1) is 0 Å². The maximum Gasteiger partial charge on any atom is 0.253 e. The molecule has 0 unspecified atom stereocenters. The maximum absolute atomic E-state index is 12.3. The van der Waals surface area contributed by atoms with Crippen LogP contribution >= 0.6 is 0 Å². The van der Waals surface area contributed by atoms with Gasteiger partial charge >= 0.3 is 0 Å². The average molecular weight is 311 g/mol. The standard InChI is InChI=1S/C19H21NO3/c1-22-17-5-4-6-18(13-17)23-14-15-7-9-16(10-8-15)19(21)20-11-2-3-12-20/h4-10,13H,2-3,11-12,14H2,1H3. The third-order valence-electron chi connectivity index (χ3n) is 4.04. The summed E-state index contributed by atoms with van der Waals surface area (Å²) in [5.74, 6) is 1.67. The molecule has 1 aliphatic rings. The van der Waals surface area contributed by atoms with Crippen LogP contribution in [0.1, 0.15) is 28.8 Å². The van der Waals surface area contributed by atoms with Crippen LogP contribution in [-0.2, 0) is 6.61 Å². The van der Waals surface area contributed by atoms with E-state index in [1.165, 1.54) is 0 Å². The summed E-state index contributed by atoms with van der Waals surface area (Å²) < 4.78 is 10.9. The molecular formula is C19H21NO3. The lowest BCUT2D eigenvalue weighted by atomic mass is 10.1. The predicted octanol–water partition coefficient (Wildman–Crippen LogP) is 3.51. The normalized spacial score (nSPS) is 13.9. The molecule has 1 saturated heterocycles. The van der Waals surface area contributed by atoms with Crippen LogP contribution in [0.15, 0.2) is 48.5 Å². The lowest BCUT2D eigenvalue weighted by Gasteiger charge is -2.15. The van der Waals surface area contributed by atoms with Gasteiger partial charge in [-0.1, -0.05) is 18.2 Å². The highest BCUT2D eigenvalue weighted by Crippen LogP contribution is 2.20. The minimum atomic E-state index is 0.128. The van der Waals surface area contributed by atoms with Gasteiger partial charge in [-0.2, -0.15) is 0 Å². The van der Waals surface area contributed by atoms with Crippen LogP contribution < -0.4 is 9.47 Å². The fraction of sp³-hybridized carbons (Fsp3) is 0.316. The van der Waals surface area contributed by atoms with Gasteiger partial charge in [0.05, 0.1) is 7.11 Å². The smallest absolute Gasteiger partial charge is 0.253 e. The number of benzene rings is 2. The Morgan fingerprint density at radius 3 is 2.43 bits per heavy atom. The maximum atomic E-state index is 12.3. The molecule has 2 aromatic rings. The van der Waals surface area contributed by atoms with Crippen LogP contribution in [0.3, 0.4) is 0 Å². The summed E-state index contributed by atoms with van der Waals surface area (Å²) in [6, 6.07) is 15.2. The van der Waals surface area contributed by atoms with Gasteiger partial charge in [0.15, 0.2) is 0 Å². The second-order valence-electron chi connectivity index (χ2n) is 5.66. The Bertz CT molecular complexity index is 661. The van der Waals surface area contributed by atoms with E-state index in [9.17, 15) is 4.79 Å². The number of amides is 1. The number of ether oxygens (including phenoxy) is 2. The summed E-state index contributed by atoms with van der Waals surface area (Å²) in [7, 11) is 1.63. The summed E-state index contributed by atoms with van der Waals surface area (Å²) in [5, 5.41) is 0. The van der Waals surface area contributed by atoms with E-state index in [1.807, 2.05) is 53.4 Å². The van der Waals surface area contributed by atoms with E-state index >= 15 is 0 Å². The molecule has 3 rings (SSSR count). The summed E-state index contributed by atoms with van der Waals surface area (Å²) >= 11 is 0. The number of rotatable bonds is 5. The van der Waals surface area contributed by atoms with Crippen LogP contribution in [0.5, 0.6) is 11.5 Å². The predicted molar refractivity (Wildman–Crippen MR) is 88.9 cm³/mol. The molecule has 0 atom stereocenters. The van der Waals surface area contributed by atoms with Crippen molar-refractivity contribution in [2.75, 3.05) is 20.2 Å². The first-order chi connectivity index (χ1) is 11.3. The number of nitrogens with zero attached hydrogens (tertiary/aromatic N) is 1. The zero-order chi connectivity index (χ0) is 16.1. The van der Waals surface area contributed by atoms with Crippen molar-refractivity contribution in [2.24, 2.45) is 0 Å². The molecule has 0 radical (unpaired) electrons. The molecule has 23 heavy (non-hydrogen) atoms. The van der Waals surface area contributed by atoms with E-state index in [0.29, 0.717) is 6.61 Å². The SMILES string of the molecule is COc1cccc(OCc2ccc(C(=O)N3CCCC3)cc2)c1. The van der Waals surface area contributed by atoms with Gasteiger partial charge in [-0.3, -0.25) is 4.79 Å². The van der Waals surface area contributed by atoms with Crippen molar-refractivity contribution < 1.29 is 14.3 Å². The number of carbonyl (C=O) groups excluding carboxylic acids is 1. The molecule has 1 heterocycles. The number of likely N-dealkylation sites (tertiary alicyclic amines) is 1. The molecule has 120 valence electrons. The molecule has 2 aromatic carbocycles. The van der Waals surface area contributed by atoms with Crippen molar-refractivity contribution in [3.05, 3.63) is 59.7 Å². The summed E-state index contributed by atoms with van der Waals surface area (Å²) in [4.78, 5) is 14.2.